The Morgan fingerprint density at radius 3 is 2.43 bits per heavy atom. The largest absolute Gasteiger partial charge is 0.508 e. The molecule has 0 spiro atoms. The van der Waals surface area contributed by atoms with E-state index in [0.29, 0.717) is 10.6 Å². The number of phenolic OH excluding ortho intramolecular Hbond substituents is 2. The predicted octanol–water partition coefficient (Wildman–Crippen LogP) is 3.99. The monoisotopic (exact) mass is 306 g/mol. The SMILES string of the molecule is CC(Nc1ccc(N(C)C)c(Cl)c1)c1cc(O)ccc1O. The Hall–Kier alpha value is -2.07. The minimum Gasteiger partial charge on any atom is -0.508 e. The Bertz CT molecular complexity index is 644. The zero-order valence-electron chi connectivity index (χ0n) is 12.3. The fourth-order valence-corrected chi connectivity index (χ4v) is 2.53. The van der Waals surface area contributed by atoms with Crippen LogP contribution in [0.25, 0.3) is 0 Å². The van der Waals surface area contributed by atoms with Gasteiger partial charge in [-0.05, 0) is 43.3 Å². The molecule has 1 atom stereocenters. The third-order valence-electron chi connectivity index (χ3n) is 3.29. The number of aromatic hydroxyl groups is 2. The molecule has 0 aliphatic heterocycles. The van der Waals surface area contributed by atoms with Gasteiger partial charge in [-0.25, -0.2) is 0 Å². The van der Waals surface area contributed by atoms with Gasteiger partial charge < -0.3 is 20.4 Å². The summed E-state index contributed by atoms with van der Waals surface area (Å²) in [6.45, 7) is 1.91. The third kappa shape index (κ3) is 3.52. The van der Waals surface area contributed by atoms with Gasteiger partial charge in [-0.3, -0.25) is 0 Å². The summed E-state index contributed by atoms with van der Waals surface area (Å²) >= 11 is 6.24. The van der Waals surface area contributed by atoms with Gasteiger partial charge in [0, 0.05) is 25.3 Å². The maximum Gasteiger partial charge on any atom is 0.121 e. The summed E-state index contributed by atoms with van der Waals surface area (Å²) in [4.78, 5) is 1.94. The van der Waals surface area contributed by atoms with Crippen molar-refractivity contribution in [3.8, 4) is 11.5 Å². The number of hydrogen-bond acceptors (Lipinski definition) is 4. The number of anilines is 2. The maximum absolute atomic E-state index is 9.87. The van der Waals surface area contributed by atoms with Crippen molar-refractivity contribution in [3.63, 3.8) is 0 Å². The molecule has 0 saturated heterocycles. The van der Waals surface area contributed by atoms with E-state index in [2.05, 4.69) is 5.32 Å². The van der Waals surface area contributed by atoms with Crippen molar-refractivity contribution in [2.45, 2.75) is 13.0 Å². The summed E-state index contributed by atoms with van der Waals surface area (Å²) in [6.07, 6.45) is 0. The van der Waals surface area contributed by atoms with Crippen LogP contribution in [0.5, 0.6) is 11.5 Å². The molecular weight excluding hydrogens is 288 g/mol. The Balaban J connectivity index is 2.21. The van der Waals surface area contributed by atoms with E-state index in [4.69, 9.17) is 11.6 Å². The standard InChI is InChI=1S/C16H19ClN2O2/c1-10(13-9-12(20)5-7-16(13)21)18-11-4-6-15(19(2)3)14(17)8-11/h4-10,18,20-21H,1-3H3. The molecule has 5 heteroatoms. The quantitative estimate of drug-likeness (QED) is 0.748. The summed E-state index contributed by atoms with van der Waals surface area (Å²) in [5.74, 6) is 0.265. The molecule has 0 heterocycles. The van der Waals surface area contributed by atoms with E-state index < -0.39 is 0 Å². The fourth-order valence-electron chi connectivity index (χ4n) is 2.18. The van der Waals surface area contributed by atoms with E-state index in [1.807, 2.05) is 44.1 Å². The molecule has 2 aromatic rings. The lowest BCUT2D eigenvalue weighted by Crippen LogP contribution is -2.10. The number of halogens is 1. The molecule has 0 fully saturated rings. The smallest absolute Gasteiger partial charge is 0.121 e. The zero-order chi connectivity index (χ0) is 15.6. The minimum atomic E-state index is -0.168. The van der Waals surface area contributed by atoms with Crippen LogP contribution in [0.3, 0.4) is 0 Å². The molecule has 2 aromatic carbocycles. The van der Waals surface area contributed by atoms with Gasteiger partial charge in [-0.15, -0.1) is 0 Å². The van der Waals surface area contributed by atoms with Gasteiger partial charge in [0.25, 0.3) is 0 Å². The second kappa shape index (κ2) is 6.14. The van der Waals surface area contributed by atoms with Gasteiger partial charge in [0.15, 0.2) is 0 Å². The van der Waals surface area contributed by atoms with Crippen molar-refractivity contribution in [2.24, 2.45) is 0 Å². The second-order valence-electron chi connectivity index (χ2n) is 5.17. The van der Waals surface area contributed by atoms with Crippen LogP contribution >= 0.6 is 11.6 Å². The fraction of sp³-hybridized carbons (Fsp3) is 0.250. The lowest BCUT2D eigenvalue weighted by atomic mass is 10.1. The van der Waals surface area contributed by atoms with Crippen LogP contribution in [0.15, 0.2) is 36.4 Å². The Morgan fingerprint density at radius 2 is 1.81 bits per heavy atom. The molecule has 0 radical (unpaired) electrons. The van der Waals surface area contributed by atoms with Crippen LogP contribution in [-0.4, -0.2) is 24.3 Å². The lowest BCUT2D eigenvalue weighted by molar-refractivity contribution is 0.451. The number of rotatable bonds is 4. The van der Waals surface area contributed by atoms with Crippen LogP contribution in [-0.2, 0) is 0 Å². The van der Waals surface area contributed by atoms with Gasteiger partial charge in [-0.2, -0.15) is 0 Å². The normalized spacial score (nSPS) is 12.0. The van der Waals surface area contributed by atoms with Gasteiger partial charge in [0.1, 0.15) is 11.5 Å². The van der Waals surface area contributed by atoms with Crippen molar-refractivity contribution >= 4 is 23.0 Å². The highest BCUT2D eigenvalue weighted by Gasteiger charge is 2.12. The molecule has 112 valence electrons. The summed E-state index contributed by atoms with van der Waals surface area (Å²) in [5, 5.41) is 23.3. The van der Waals surface area contributed by atoms with Crippen LogP contribution in [0.4, 0.5) is 11.4 Å². The Morgan fingerprint density at radius 1 is 1.10 bits per heavy atom. The Labute approximate surface area is 129 Å². The van der Waals surface area contributed by atoms with Gasteiger partial charge in [0.2, 0.25) is 0 Å². The van der Waals surface area contributed by atoms with Crippen LogP contribution in [0.2, 0.25) is 5.02 Å². The third-order valence-corrected chi connectivity index (χ3v) is 3.59. The van der Waals surface area contributed by atoms with Crippen molar-refractivity contribution < 1.29 is 10.2 Å². The molecule has 0 aliphatic rings. The van der Waals surface area contributed by atoms with Crippen molar-refractivity contribution in [3.05, 3.63) is 47.0 Å². The molecule has 3 N–H and O–H groups in total. The van der Waals surface area contributed by atoms with Gasteiger partial charge >= 0.3 is 0 Å². The highest BCUT2D eigenvalue weighted by Crippen LogP contribution is 2.32. The lowest BCUT2D eigenvalue weighted by Gasteiger charge is -2.19. The van der Waals surface area contributed by atoms with Gasteiger partial charge in [0.05, 0.1) is 16.8 Å². The molecule has 21 heavy (non-hydrogen) atoms. The van der Waals surface area contributed by atoms with Crippen LogP contribution in [0.1, 0.15) is 18.5 Å². The average Bonchev–Trinajstić information content (AvgIpc) is 2.41. The number of benzene rings is 2. The van der Waals surface area contributed by atoms with Crippen LogP contribution in [0, 0.1) is 0 Å². The summed E-state index contributed by atoms with van der Waals surface area (Å²) in [7, 11) is 3.86. The highest BCUT2D eigenvalue weighted by atomic mass is 35.5. The molecule has 1 unspecified atom stereocenters. The topological polar surface area (TPSA) is 55.7 Å². The Kier molecular flexibility index (Phi) is 4.48. The van der Waals surface area contributed by atoms with E-state index in [9.17, 15) is 10.2 Å². The van der Waals surface area contributed by atoms with E-state index >= 15 is 0 Å². The van der Waals surface area contributed by atoms with Crippen molar-refractivity contribution in [2.75, 3.05) is 24.3 Å². The first kappa shape index (κ1) is 15.3. The van der Waals surface area contributed by atoms with Gasteiger partial charge in [-0.1, -0.05) is 11.6 Å². The molecule has 0 aromatic heterocycles. The first-order valence-corrected chi connectivity index (χ1v) is 7.01. The second-order valence-corrected chi connectivity index (χ2v) is 5.58. The van der Waals surface area contributed by atoms with E-state index in [1.165, 1.54) is 12.1 Å². The zero-order valence-corrected chi connectivity index (χ0v) is 13.0. The van der Waals surface area contributed by atoms with Crippen molar-refractivity contribution in [1.29, 1.82) is 0 Å². The minimum absolute atomic E-state index is 0.123. The van der Waals surface area contributed by atoms with E-state index in [0.717, 1.165) is 11.4 Å². The molecule has 0 amide bonds. The predicted molar refractivity (Wildman–Crippen MR) is 87.6 cm³/mol. The number of hydrogen-bond donors (Lipinski definition) is 3. The number of nitrogens with zero attached hydrogens (tertiary/aromatic N) is 1. The highest BCUT2D eigenvalue weighted by molar-refractivity contribution is 6.33. The summed E-state index contributed by atoms with van der Waals surface area (Å²) < 4.78 is 0. The number of nitrogens with one attached hydrogen (secondary N) is 1. The average molecular weight is 307 g/mol. The molecule has 4 nitrogen and oxygen atoms in total. The molecule has 0 bridgehead atoms. The maximum atomic E-state index is 9.87. The van der Waals surface area contributed by atoms with E-state index in [-0.39, 0.29) is 17.5 Å². The first-order chi connectivity index (χ1) is 9.88. The first-order valence-electron chi connectivity index (χ1n) is 6.63. The number of phenols is 2. The molecule has 0 aliphatic carbocycles. The van der Waals surface area contributed by atoms with Crippen LogP contribution < -0.4 is 10.2 Å². The summed E-state index contributed by atoms with van der Waals surface area (Å²) in [5.41, 5.74) is 2.42. The molecular formula is C16H19ClN2O2. The van der Waals surface area contributed by atoms with E-state index in [1.54, 1.807) is 6.07 Å². The van der Waals surface area contributed by atoms with Crippen molar-refractivity contribution in [1.82, 2.24) is 0 Å². The summed E-state index contributed by atoms with van der Waals surface area (Å²) in [6, 6.07) is 10.0. The molecule has 0 saturated carbocycles. The molecule has 2 rings (SSSR count).